The van der Waals surface area contributed by atoms with Gasteiger partial charge in [-0.25, -0.2) is 0 Å². The van der Waals surface area contributed by atoms with Crippen molar-refractivity contribution in [2.45, 2.75) is 58.4 Å². The number of likely N-dealkylation sites (tertiary alicyclic amines) is 1. The molecule has 0 radical (unpaired) electrons. The van der Waals surface area contributed by atoms with Gasteiger partial charge >= 0.3 is 0 Å². The molecule has 5 nitrogen and oxygen atoms in total. The molecule has 1 aliphatic rings. The van der Waals surface area contributed by atoms with E-state index in [1.54, 1.807) is 7.05 Å². The second-order valence-electron chi connectivity index (χ2n) is 5.38. The first-order chi connectivity index (χ1) is 9.71. The van der Waals surface area contributed by atoms with Gasteiger partial charge in [-0.15, -0.1) is 24.0 Å². The minimum absolute atomic E-state index is 0. The molecule has 124 valence electrons. The molecule has 6 heteroatoms. The average Bonchev–Trinajstić information content (AvgIpc) is 2.93. The number of nitrogens with zero attached hydrogens (tertiary/aromatic N) is 2. The number of aliphatic imine (C=N–C) groups is 1. The third-order valence-electron chi connectivity index (χ3n) is 3.73. The van der Waals surface area contributed by atoms with Crippen molar-refractivity contribution < 1.29 is 4.79 Å². The molecule has 21 heavy (non-hydrogen) atoms. The summed E-state index contributed by atoms with van der Waals surface area (Å²) in [6.07, 6.45) is 6.60. The zero-order valence-corrected chi connectivity index (χ0v) is 16.0. The Labute approximate surface area is 146 Å². The summed E-state index contributed by atoms with van der Waals surface area (Å²) in [5, 5.41) is 6.76. The van der Waals surface area contributed by atoms with Crippen LogP contribution in [0.3, 0.4) is 0 Å². The van der Waals surface area contributed by atoms with Crippen LogP contribution in [0.2, 0.25) is 0 Å². The average molecular weight is 410 g/mol. The number of guanidine groups is 1. The predicted octanol–water partition coefficient (Wildman–Crippen LogP) is 2.36. The molecule has 1 aliphatic heterocycles. The number of carbonyl (C=O) groups excluding carboxylic acids is 1. The van der Waals surface area contributed by atoms with E-state index in [0.29, 0.717) is 12.5 Å². The number of unbranched alkanes of at least 4 members (excludes halogenated alkanes) is 3. The van der Waals surface area contributed by atoms with Crippen LogP contribution in [0.15, 0.2) is 4.99 Å². The number of hydrogen-bond acceptors (Lipinski definition) is 2. The smallest absolute Gasteiger partial charge is 0.222 e. The van der Waals surface area contributed by atoms with Crippen LogP contribution in [0.4, 0.5) is 0 Å². The van der Waals surface area contributed by atoms with Gasteiger partial charge in [0.15, 0.2) is 5.96 Å². The van der Waals surface area contributed by atoms with E-state index in [1.807, 2.05) is 11.8 Å². The Morgan fingerprint density at radius 1 is 1.29 bits per heavy atom. The number of rotatable bonds is 7. The minimum Gasteiger partial charge on any atom is -0.356 e. The summed E-state index contributed by atoms with van der Waals surface area (Å²) < 4.78 is 0. The van der Waals surface area contributed by atoms with Crippen LogP contribution in [-0.4, -0.2) is 49.5 Å². The molecule has 1 fully saturated rings. The fraction of sp³-hybridized carbons (Fsp3) is 0.867. The molecule has 1 atom stereocenters. The van der Waals surface area contributed by atoms with E-state index in [1.165, 1.54) is 25.7 Å². The van der Waals surface area contributed by atoms with Gasteiger partial charge < -0.3 is 15.5 Å². The standard InChI is InChI=1S/C15H30N4O.HI/c1-4-6-7-8-10-17-15(16-3)18-13-9-11-19(12-13)14(20)5-2;/h13H,4-12H2,1-3H3,(H2,16,17,18);1H. The first kappa shape index (κ1) is 20.5. The summed E-state index contributed by atoms with van der Waals surface area (Å²) in [5.41, 5.74) is 0. The number of carbonyl (C=O) groups is 1. The monoisotopic (exact) mass is 410 g/mol. The summed E-state index contributed by atoms with van der Waals surface area (Å²) in [6.45, 7) is 6.75. The lowest BCUT2D eigenvalue weighted by Gasteiger charge is -2.18. The number of halogens is 1. The van der Waals surface area contributed by atoms with Gasteiger partial charge in [0.05, 0.1) is 0 Å². The molecular weight excluding hydrogens is 379 g/mol. The van der Waals surface area contributed by atoms with Crippen LogP contribution in [-0.2, 0) is 4.79 Å². The Hall–Kier alpha value is -0.530. The van der Waals surface area contributed by atoms with Gasteiger partial charge in [0.25, 0.3) is 0 Å². The van der Waals surface area contributed by atoms with E-state index in [9.17, 15) is 4.79 Å². The van der Waals surface area contributed by atoms with E-state index < -0.39 is 0 Å². The number of amides is 1. The maximum Gasteiger partial charge on any atom is 0.222 e. The summed E-state index contributed by atoms with van der Waals surface area (Å²) in [5.74, 6) is 1.11. The molecule has 0 spiro atoms. The predicted molar refractivity (Wildman–Crippen MR) is 99.3 cm³/mol. The molecule has 1 heterocycles. The molecule has 0 aromatic rings. The zero-order valence-electron chi connectivity index (χ0n) is 13.7. The van der Waals surface area contributed by atoms with Crippen LogP contribution in [0.5, 0.6) is 0 Å². The first-order valence-corrected chi connectivity index (χ1v) is 7.96. The van der Waals surface area contributed by atoms with Gasteiger partial charge in [0.1, 0.15) is 0 Å². The van der Waals surface area contributed by atoms with Crippen molar-refractivity contribution in [1.82, 2.24) is 15.5 Å². The largest absolute Gasteiger partial charge is 0.356 e. The van der Waals surface area contributed by atoms with Crippen molar-refractivity contribution in [2.75, 3.05) is 26.7 Å². The van der Waals surface area contributed by atoms with E-state index in [2.05, 4.69) is 22.5 Å². The van der Waals surface area contributed by atoms with Gasteiger partial charge in [0, 0.05) is 39.1 Å². The van der Waals surface area contributed by atoms with Crippen molar-refractivity contribution in [1.29, 1.82) is 0 Å². The lowest BCUT2D eigenvalue weighted by Crippen LogP contribution is -2.45. The molecule has 0 aromatic carbocycles. The van der Waals surface area contributed by atoms with Gasteiger partial charge in [-0.1, -0.05) is 33.1 Å². The highest BCUT2D eigenvalue weighted by molar-refractivity contribution is 14.0. The van der Waals surface area contributed by atoms with Crippen LogP contribution in [0, 0.1) is 0 Å². The van der Waals surface area contributed by atoms with Crippen molar-refractivity contribution in [3.8, 4) is 0 Å². The molecule has 0 aromatic heterocycles. The second kappa shape index (κ2) is 12.1. The molecule has 0 bridgehead atoms. The van der Waals surface area contributed by atoms with Gasteiger partial charge in [-0.3, -0.25) is 9.79 Å². The lowest BCUT2D eigenvalue weighted by molar-refractivity contribution is -0.129. The molecule has 1 amide bonds. The molecule has 0 aliphatic carbocycles. The van der Waals surface area contributed by atoms with Crippen LogP contribution >= 0.6 is 24.0 Å². The Morgan fingerprint density at radius 2 is 2.05 bits per heavy atom. The molecule has 1 saturated heterocycles. The third-order valence-corrected chi connectivity index (χ3v) is 3.73. The van der Waals surface area contributed by atoms with Gasteiger partial charge in [-0.05, 0) is 12.8 Å². The minimum atomic E-state index is 0. The molecule has 0 saturated carbocycles. The van der Waals surface area contributed by atoms with Gasteiger partial charge in [0.2, 0.25) is 5.91 Å². The highest BCUT2D eigenvalue weighted by atomic mass is 127. The molecule has 1 rings (SSSR count). The Morgan fingerprint density at radius 3 is 2.67 bits per heavy atom. The SMILES string of the molecule is CCCCCCNC(=NC)NC1CCN(C(=O)CC)C1.I. The maximum atomic E-state index is 11.6. The summed E-state index contributed by atoms with van der Waals surface area (Å²) in [6, 6.07) is 0.326. The lowest BCUT2D eigenvalue weighted by atomic mass is 10.2. The van der Waals surface area contributed by atoms with Crippen molar-refractivity contribution in [3.63, 3.8) is 0 Å². The highest BCUT2D eigenvalue weighted by Crippen LogP contribution is 2.10. The summed E-state index contributed by atoms with van der Waals surface area (Å²) >= 11 is 0. The van der Waals surface area contributed by atoms with Crippen LogP contribution < -0.4 is 10.6 Å². The summed E-state index contributed by atoms with van der Waals surface area (Å²) in [4.78, 5) is 17.8. The molecule has 2 N–H and O–H groups in total. The quantitative estimate of drug-likeness (QED) is 0.293. The number of nitrogens with one attached hydrogen (secondary N) is 2. The Balaban J connectivity index is 0.00000400. The zero-order chi connectivity index (χ0) is 14.8. The fourth-order valence-electron chi connectivity index (χ4n) is 2.47. The first-order valence-electron chi connectivity index (χ1n) is 7.96. The number of hydrogen-bond donors (Lipinski definition) is 2. The maximum absolute atomic E-state index is 11.6. The fourth-order valence-corrected chi connectivity index (χ4v) is 2.47. The van der Waals surface area contributed by atoms with Crippen molar-refractivity contribution in [3.05, 3.63) is 0 Å². The van der Waals surface area contributed by atoms with E-state index in [-0.39, 0.29) is 29.9 Å². The summed E-state index contributed by atoms with van der Waals surface area (Å²) in [7, 11) is 1.80. The van der Waals surface area contributed by atoms with E-state index >= 15 is 0 Å². The van der Waals surface area contributed by atoms with Crippen molar-refractivity contribution >= 4 is 35.8 Å². The molecular formula is C15H31IN4O. The van der Waals surface area contributed by atoms with Crippen LogP contribution in [0.25, 0.3) is 0 Å². The Kier molecular flexibility index (Phi) is 11.8. The molecule has 1 unspecified atom stereocenters. The second-order valence-corrected chi connectivity index (χ2v) is 5.38. The highest BCUT2D eigenvalue weighted by Gasteiger charge is 2.25. The third kappa shape index (κ3) is 7.87. The van der Waals surface area contributed by atoms with E-state index in [4.69, 9.17) is 0 Å². The normalized spacial score (nSPS) is 18.3. The Bertz CT molecular complexity index is 323. The van der Waals surface area contributed by atoms with Crippen molar-refractivity contribution in [2.24, 2.45) is 4.99 Å². The van der Waals surface area contributed by atoms with Crippen LogP contribution in [0.1, 0.15) is 52.4 Å². The van der Waals surface area contributed by atoms with Gasteiger partial charge in [-0.2, -0.15) is 0 Å². The van der Waals surface area contributed by atoms with E-state index in [0.717, 1.165) is 32.0 Å². The topological polar surface area (TPSA) is 56.7 Å².